The molecular formula is C14H16Cl2FN3O. The number of ether oxygens (including phenoxy) is 1. The van der Waals surface area contributed by atoms with Crippen LogP contribution in [0, 0.1) is 11.7 Å². The lowest BCUT2D eigenvalue weighted by Crippen LogP contribution is -2.48. The van der Waals surface area contributed by atoms with E-state index in [9.17, 15) is 4.39 Å². The summed E-state index contributed by atoms with van der Waals surface area (Å²) in [5, 5.41) is 0.181. The third kappa shape index (κ3) is 2.72. The van der Waals surface area contributed by atoms with Crippen molar-refractivity contribution in [1.82, 2.24) is 0 Å². The Hall–Kier alpha value is -1.33. The number of hydrogen-bond donors (Lipinski definition) is 1. The third-order valence-corrected chi connectivity index (χ3v) is 4.57. The number of alkyl halides is 1. The van der Waals surface area contributed by atoms with Crippen LogP contribution in [-0.2, 0) is 0 Å². The lowest BCUT2D eigenvalue weighted by atomic mass is 9.92. The van der Waals surface area contributed by atoms with E-state index < -0.39 is 10.7 Å². The number of halogens is 3. The van der Waals surface area contributed by atoms with Crippen molar-refractivity contribution in [2.45, 2.75) is 18.7 Å². The van der Waals surface area contributed by atoms with Gasteiger partial charge in [-0.1, -0.05) is 25.4 Å². The van der Waals surface area contributed by atoms with Gasteiger partial charge in [0.1, 0.15) is 10.7 Å². The average molecular weight is 332 g/mol. The van der Waals surface area contributed by atoms with E-state index >= 15 is 0 Å². The van der Waals surface area contributed by atoms with Gasteiger partial charge in [0.05, 0.1) is 24.2 Å². The van der Waals surface area contributed by atoms with Crippen LogP contribution in [0.25, 0.3) is 0 Å². The maximum absolute atomic E-state index is 14.4. The predicted molar refractivity (Wildman–Crippen MR) is 84.4 cm³/mol. The molecule has 0 spiro atoms. The highest BCUT2D eigenvalue weighted by Crippen LogP contribution is 2.33. The minimum absolute atomic E-state index is 0.0443. The molecule has 1 heterocycles. The summed E-state index contributed by atoms with van der Waals surface area (Å²) < 4.78 is 19.3. The first-order valence-corrected chi connectivity index (χ1v) is 7.17. The van der Waals surface area contributed by atoms with Crippen LogP contribution in [-0.4, -0.2) is 30.2 Å². The van der Waals surface area contributed by atoms with Gasteiger partial charge >= 0.3 is 0 Å². The Balaban J connectivity index is 2.45. The second-order valence-corrected chi connectivity index (χ2v) is 6.18. The van der Waals surface area contributed by atoms with Crippen molar-refractivity contribution in [3.63, 3.8) is 0 Å². The number of benzene rings is 1. The number of nitrogens with zero attached hydrogens (tertiary/aromatic N) is 2. The van der Waals surface area contributed by atoms with Gasteiger partial charge in [-0.25, -0.2) is 9.38 Å². The Labute approximate surface area is 132 Å². The smallest absolute Gasteiger partial charge is 0.177 e. The molecule has 7 heteroatoms. The van der Waals surface area contributed by atoms with Gasteiger partial charge in [0, 0.05) is 0 Å². The molecule has 1 aliphatic heterocycles. The van der Waals surface area contributed by atoms with Crippen LogP contribution in [0.1, 0.15) is 19.4 Å². The number of hydrogen-bond acceptors (Lipinski definition) is 4. The maximum Gasteiger partial charge on any atom is 0.177 e. The van der Waals surface area contributed by atoms with Gasteiger partial charge in [-0.2, -0.15) is 0 Å². The Morgan fingerprint density at radius 2 is 2.10 bits per heavy atom. The summed E-state index contributed by atoms with van der Waals surface area (Å²) in [6, 6.07) is 3.02. The largest absolute Gasteiger partial charge is 0.492 e. The molecule has 0 saturated heterocycles. The van der Waals surface area contributed by atoms with E-state index in [1.165, 1.54) is 19.2 Å². The van der Waals surface area contributed by atoms with Crippen molar-refractivity contribution < 1.29 is 9.13 Å². The molecule has 0 fully saturated rings. The number of aliphatic imine (C=N–C) groups is 2. The molecule has 1 aromatic carbocycles. The number of amidine groups is 2. The Bertz CT molecular complexity index is 631. The summed E-state index contributed by atoms with van der Waals surface area (Å²) in [5.74, 6) is -0.184. The molecule has 21 heavy (non-hydrogen) atoms. The van der Waals surface area contributed by atoms with E-state index in [1.807, 2.05) is 13.8 Å². The number of rotatable bonds is 3. The number of nitrogens with two attached hydrogens (primary N) is 1. The van der Waals surface area contributed by atoms with Crippen LogP contribution in [0.15, 0.2) is 22.1 Å². The molecule has 1 unspecified atom stereocenters. The van der Waals surface area contributed by atoms with E-state index in [-0.39, 0.29) is 40.5 Å². The standard InChI is InChI=1S/C14H16Cl2FN3O/c1-7(2)14(16)6-19-12(20-13(14)18)8-4-5-9(15)11(21-3)10(8)17/h4-5,7H,6H2,1-3H3,(H2,18,19,20). The molecule has 0 aromatic heterocycles. The highest BCUT2D eigenvalue weighted by atomic mass is 35.5. The van der Waals surface area contributed by atoms with Crippen LogP contribution in [0.5, 0.6) is 5.75 Å². The van der Waals surface area contributed by atoms with Gasteiger partial charge in [0.2, 0.25) is 0 Å². The van der Waals surface area contributed by atoms with Crippen molar-refractivity contribution in [3.05, 3.63) is 28.5 Å². The summed E-state index contributed by atoms with van der Waals surface area (Å²) in [4.78, 5) is 7.60. The molecule has 0 saturated carbocycles. The third-order valence-electron chi connectivity index (χ3n) is 3.52. The molecule has 2 rings (SSSR count). The summed E-state index contributed by atoms with van der Waals surface area (Å²) >= 11 is 12.3. The normalized spacial score (nSPS) is 22.0. The second kappa shape index (κ2) is 5.81. The Morgan fingerprint density at radius 1 is 1.43 bits per heavy atom. The van der Waals surface area contributed by atoms with E-state index in [4.69, 9.17) is 33.7 Å². The fourth-order valence-corrected chi connectivity index (χ4v) is 2.35. The monoisotopic (exact) mass is 331 g/mol. The molecule has 1 aliphatic rings. The maximum atomic E-state index is 14.4. The van der Waals surface area contributed by atoms with Crippen molar-refractivity contribution in [1.29, 1.82) is 0 Å². The zero-order chi connectivity index (χ0) is 15.8. The molecule has 1 atom stereocenters. The van der Waals surface area contributed by atoms with Gasteiger partial charge in [0.15, 0.2) is 17.4 Å². The van der Waals surface area contributed by atoms with Gasteiger partial charge < -0.3 is 10.5 Å². The highest BCUT2D eigenvalue weighted by molar-refractivity contribution is 6.37. The molecule has 0 radical (unpaired) electrons. The van der Waals surface area contributed by atoms with Crippen LogP contribution in [0.4, 0.5) is 4.39 Å². The fourth-order valence-electron chi connectivity index (χ4n) is 2.03. The average Bonchev–Trinajstić information content (AvgIpc) is 2.42. The first-order valence-electron chi connectivity index (χ1n) is 6.41. The fraction of sp³-hybridized carbons (Fsp3) is 0.429. The van der Waals surface area contributed by atoms with Crippen molar-refractivity contribution in [3.8, 4) is 5.75 Å². The zero-order valence-electron chi connectivity index (χ0n) is 12.0. The molecule has 114 valence electrons. The summed E-state index contributed by atoms with van der Waals surface area (Å²) in [6.07, 6.45) is 0. The molecule has 0 bridgehead atoms. The summed E-state index contributed by atoms with van der Waals surface area (Å²) in [7, 11) is 1.34. The van der Waals surface area contributed by atoms with Crippen LogP contribution in [0.2, 0.25) is 5.02 Å². The summed E-state index contributed by atoms with van der Waals surface area (Å²) in [6.45, 7) is 4.10. The van der Waals surface area contributed by atoms with Crippen molar-refractivity contribution in [2.24, 2.45) is 21.6 Å². The van der Waals surface area contributed by atoms with Gasteiger partial charge in [-0.15, -0.1) is 11.6 Å². The molecule has 0 aliphatic carbocycles. The quantitative estimate of drug-likeness (QED) is 0.864. The van der Waals surface area contributed by atoms with E-state index in [1.54, 1.807) is 0 Å². The van der Waals surface area contributed by atoms with E-state index in [0.29, 0.717) is 0 Å². The van der Waals surface area contributed by atoms with Crippen molar-refractivity contribution in [2.75, 3.05) is 13.7 Å². The zero-order valence-corrected chi connectivity index (χ0v) is 13.5. The lowest BCUT2D eigenvalue weighted by Gasteiger charge is -2.31. The van der Waals surface area contributed by atoms with Crippen molar-refractivity contribution >= 4 is 34.9 Å². The SMILES string of the molecule is COc1c(Cl)ccc(C2=NCC(Cl)(C(C)C)C(N)=N2)c1F. The van der Waals surface area contributed by atoms with Crippen LogP contribution < -0.4 is 10.5 Å². The molecule has 4 nitrogen and oxygen atoms in total. The van der Waals surface area contributed by atoms with Gasteiger partial charge in [0.25, 0.3) is 0 Å². The Kier molecular flexibility index (Phi) is 4.44. The lowest BCUT2D eigenvalue weighted by molar-refractivity contribution is 0.386. The first kappa shape index (κ1) is 16.0. The minimum Gasteiger partial charge on any atom is -0.492 e. The van der Waals surface area contributed by atoms with Crippen LogP contribution in [0.3, 0.4) is 0 Å². The predicted octanol–water partition coefficient (Wildman–Crippen LogP) is 3.24. The van der Waals surface area contributed by atoms with Crippen LogP contribution >= 0.6 is 23.2 Å². The first-order chi connectivity index (χ1) is 9.81. The molecule has 0 amide bonds. The molecule has 1 aromatic rings. The molecule has 2 N–H and O–H groups in total. The highest BCUT2D eigenvalue weighted by Gasteiger charge is 2.38. The van der Waals surface area contributed by atoms with Gasteiger partial charge in [-0.05, 0) is 18.1 Å². The molecular weight excluding hydrogens is 316 g/mol. The van der Waals surface area contributed by atoms with E-state index in [0.717, 1.165) is 0 Å². The minimum atomic E-state index is -0.837. The second-order valence-electron chi connectivity index (χ2n) is 5.10. The summed E-state index contributed by atoms with van der Waals surface area (Å²) in [5.41, 5.74) is 6.13. The van der Waals surface area contributed by atoms with Gasteiger partial charge in [-0.3, -0.25) is 4.99 Å². The Morgan fingerprint density at radius 3 is 2.62 bits per heavy atom. The topological polar surface area (TPSA) is 60.0 Å². The number of methoxy groups -OCH3 is 1. The van der Waals surface area contributed by atoms with E-state index in [2.05, 4.69) is 9.98 Å².